The molecule has 1 amide bonds. The molecule has 0 aliphatic carbocycles. The first-order valence-electron chi connectivity index (χ1n) is 6.95. The van der Waals surface area contributed by atoms with E-state index in [0.29, 0.717) is 0 Å². The first-order valence-corrected chi connectivity index (χ1v) is 8.64. The molecule has 0 bridgehead atoms. The third kappa shape index (κ3) is 2.43. The third-order valence-electron chi connectivity index (χ3n) is 3.66. The van der Waals surface area contributed by atoms with Gasteiger partial charge in [0.1, 0.15) is 0 Å². The van der Waals surface area contributed by atoms with Crippen molar-refractivity contribution >= 4 is 49.4 Å². The van der Waals surface area contributed by atoms with E-state index in [4.69, 9.17) is 0 Å². The summed E-state index contributed by atoms with van der Waals surface area (Å²) in [7, 11) is 0. The SMILES string of the molecule is O=C(Nc1ccc2c(c1)CCCN2)c1cc2sccc2s1. The van der Waals surface area contributed by atoms with Crippen molar-refractivity contribution in [2.24, 2.45) is 0 Å². The third-order valence-corrected chi connectivity index (χ3v) is 5.76. The molecule has 0 atom stereocenters. The van der Waals surface area contributed by atoms with E-state index in [1.807, 2.05) is 12.1 Å². The van der Waals surface area contributed by atoms with E-state index in [2.05, 4.69) is 34.2 Å². The number of fused-ring (bicyclic) bond motifs is 2. The van der Waals surface area contributed by atoms with Crippen LogP contribution in [0.5, 0.6) is 0 Å². The number of aryl methyl sites for hydroxylation is 1. The maximum atomic E-state index is 12.3. The van der Waals surface area contributed by atoms with Gasteiger partial charge in [-0.2, -0.15) is 0 Å². The Kier molecular flexibility index (Phi) is 3.16. The maximum Gasteiger partial charge on any atom is 0.265 e. The van der Waals surface area contributed by atoms with Gasteiger partial charge in [-0.05, 0) is 54.1 Å². The number of hydrogen-bond acceptors (Lipinski definition) is 4. The zero-order valence-corrected chi connectivity index (χ0v) is 12.9. The minimum absolute atomic E-state index is 0.0212. The molecule has 1 aliphatic heterocycles. The van der Waals surface area contributed by atoms with Gasteiger partial charge in [0.2, 0.25) is 0 Å². The van der Waals surface area contributed by atoms with Gasteiger partial charge in [0.05, 0.1) is 4.88 Å². The highest BCUT2D eigenvalue weighted by Gasteiger charge is 2.13. The van der Waals surface area contributed by atoms with Gasteiger partial charge in [-0.3, -0.25) is 4.79 Å². The summed E-state index contributed by atoms with van der Waals surface area (Å²) in [5.74, 6) is -0.0212. The molecule has 0 saturated heterocycles. The molecule has 21 heavy (non-hydrogen) atoms. The second-order valence-electron chi connectivity index (χ2n) is 5.12. The number of benzene rings is 1. The zero-order chi connectivity index (χ0) is 14.2. The van der Waals surface area contributed by atoms with Crippen LogP contribution in [-0.2, 0) is 6.42 Å². The average molecular weight is 314 g/mol. The van der Waals surface area contributed by atoms with E-state index in [0.717, 1.165) is 30.0 Å². The minimum Gasteiger partial charge on any atom is -0.385 e. The van der Waals surface area contributed by atoms with Gasteiger partial charge in [-0.25, -0.2) is 0 Å². The van der Waals surface area contributed by atoms with Crippen molar-refractivity contribution in [2.75, 3.05) is 17.2 Å². The van der Waals surface area contributed by atoms with Crippen molar-refractivity contribution < 1.29 is 4.79 Å². The number of hydrogen-bond donors (Lipinski definition) is 2. The van der Waals surface area contributed by atoms with Crippen LogP contribution in [-0.4, -0.2) is 12.5 Å². The van der Waals surface area contributed by atoms with Gasteiger partial charge in [-0.1, -0.05) is 0 Å². The van der Waals surface area contributed by atoms with Gasteiger partial charge in [-0.15, -0.1) is 22.7 Å². The lowest BCUT2D eigenvalue weighted by atomic mass is 10.0. The lowest BCUT2D eigenvalue weighted by Gasteiger charge is -2.18. The number of nitrogens with one attached hydrogen (secondary N) is 2. The molecule has 2 N–H and O–H groups in total. The fraction of sp³-hybridized carbons (Fsp3) is 0.188. The largest absolute Gasteiger partial charge is 0.385 e. The summed E-state index contributed by atoms with van der Waals surface area (Å²) < 4.78 is 2.36. The van der Waals surface area contributed by atoms with Crippen LogP contribution < -0.4 is 10.6 Å². The number of amides is 1. The van der Waals surface area contributed by atoms with Crippen LogP contribution in [0, 0.1) is 0 Å². The molecule has 3 aromatic rings. The molecule has 4 rings (SSSR count). The van der Waals surface area contributed by atoms with Crippen molar-refractivity contribution in [3.05, 3.63) is 46.2 Å². The molecule has 0 spiro atoms. The van der Waals surface area contributed by atoms with Gasteiger partial charge in [0.15, 0.2) is 0 Å². The van der Waals surface area contributed by atoms with Crippen LogP contribution in [0.25, 0.3) is 9.40 Å². The molecule has 0 fully saturated rings. The van der Waals surface area contributed by atoms with E-state index < -0.39 is 0 Å². The Hall–Kier alpha value is -1.85. The van der Waals surface area contributed by atoms with Crippen LogP contribution in [0.4, 0.5) is 11.4 Å². The second-order valence-corrected chi connectivity index (χ2v) is 7.15. The number of thiophene rings is 2. The molecule has 2 aromatic heterocycles. The van der Waals surface area contributed by atoms with Gasteiger partial charge in [0.25, 0.3) is 5.91 Å². The van der Waals surface area contributed by atoms with Crippen molar-refractivity contribution in [1.82, 2.24) is 0 Å². The molecule has 1 aromatic carbocycles. The lowest BCUT2D eigenvalue weighted by Crippen LogP contribution is -2.14. The van der Waals surface area contributed by atoms with E-state index in [9.17, 15) is 4.79 Å². The molecule has 3 heterocycles. The molecule has 5 heteroatoms. The fourth-order valence-electron chi connectivity index (χ4n) is 2.62. The monoisotopic (exact) mass is 314 g/mol. The summed E-state index contributed by atoms with van der Waals surface area (Å²) in [6.07, 6.45) is 2.21. The Morgan fingerprint density at radius 2 is 2.14 bits per heavy atom. The van der Waals surface area contributed by atoms with Crippen LogP contribution in [0.15, 0.2) is 35.7 Å². The number of anilines is 2. The summed E-state index contributed by atoms with van der Waals surface area (Å²) in [6, 6.07) is 10.1. The Bertz CT molecular complexity index is 790. The van der Waals surface area contributed by atoms with Crippen LogP contribution in [0.2, 0.25) is 0 Å². The summed E-state index contributed by atoms with van der Waals surface area (Å²) in [4.78, 5) is 13.1. The molecular formula is C16H14N2OS2. The highest BCUT2D eigenvalue weighted by Crippen LogP contribution is 2.31. The van der Waals surface area contributed by atoms with Crippen molar-refractivity contribution in [1.29, 1.82) is 0 Å². The summed E-state index contributed by atoms with van der Waals surface area (Å²) in [5.41, 5.74) is 3.35. The predicted molar refractivity (Wildman–Crippen MR) is 90.9 cm³/mol. The fourth-order valence-corrected chi connectivity index (χ4v) is 4.63. The van der Waals surface area contributed by atoms with Crippen molar-refractivity contribution in [3.63, 3.8) is 0 Å². The molecule has 0 radical (unpaired) electrons. The smallest absolute Gasteiger partial charge is 0.265 e. The Balaban J connectivity index is 1.57. The molecular weight excluding hydrogens is 300 g/mol. The predicted octanol–water partition coefficient (Wildman–Crippen LogP) is 4.57. The summed E-state index contributed by atoms with van der Waals surface area (Å²) in [6.45, 7) is 1.03. The molecule has 1 aliphatic rings. The lowest BCUT2D eigenvalue weighted by molar-refractivity contribution is 0.103. The van der Waals surface area contributed by atoms with E-state index >= 15 is 0 Å². The first-order chi connectivity index (χ1) is 10.3. The normalized spacial score (nSPS) is 13.7. The van der Waals surface area contributed by atoms with Gasteiger partial charge < -0.3 is 10.6 Å². The standard InChI is InChI=1S/C16H14N2OS2/c19-16(15-9-14-13(21-15)5-7-20-14)18-11-3-4-12-10(8-11)2-1-6-17-12/h3-5,7-9,17H,1-2,6H2,(H,18,19). The zero-order valence-electron chi connectivity index (χ0n) is 11.3. The molecule has 3 nitrogen and oxygen atoms in total. The quantitative estimate of drug-likeness (QED) is 0.727. The van der Waals surface area contributed by atoms with Crippen LogP contribution in [0.3, 0.4) is 0 Å². The molecule has 0 saturated carbocycles. The Morgan fingerprint density at radius 1 is 1.19 bits per heavy atom. The van der Waals surface area contributed by atoms with E-state index in [1.54, 1.807) is 22.7 Å². The minimum atomic E-state index is -0.0212. The number of carbonyl (C=O) groups is 1. The second kappa shape index (κ2) is 5.16. The van der Waals surface area contributed by atoms with E-state index in [1.165, 1.54) is 20.7 Å². The van der Waals surface area contributed by atoms with Gasteiger partial charge in [0, 0.05) is 27.3 Å². The van der Waals surface area contributed by atoms with Crippen LogP contribution >= 0.6 is 22.7 Å². The molecule has 106 valence electrons. The number of rotatable bonds is 2. The summed E-state index contributed by atoms with van der Waals surface area (Å²) >= 11 is 3.22. The highest BCUT2D eigenvalue weighted by atomic mass is 32.1. The van der Waals surface area contributed by atoms with Crippen molar-refractivity contribution in [3.8, 4) is 0 Å². The van der Waals surface area contributed by atoms with Crippen molar-refractivity contribution in [2.45, 2.75) is 12.8 Å². The molecule has 0 unspecified atom stereocenters. The van der Waals surface area contributed by atoms with E-state index in [-0.39, 0.29) is 5.91 Å². The highest BCUT2D eigenvalue weighted by molar-refractivity contribution is 7.27. The van der Waals surface area contributed by atoms with Gasteiger partial charge >= 0.3 is 0 Å². The Morgan fingerprint density at radius 3 is 3.05 bits per heavy atom. The topological polar surface area (TPSA) is 41.1 Å². The van der Waals surface area contributed by atoms with Crippen LogP contribution in [0.1, 0.15) is 21.7 Å². The average Bonchev–Trinajstić information content (AvgIpc) is 3.08. The summed E-state index contributed by atoms with van der Waals surface area (Å²) in [5, 5.41) is 8.44. The first kappa shape index (κ1) is 12.9. The Labute approximate surface area is 130 Å². The maximum absolute atomic E-state index is 12.3. The number of carbonyl (C=O) groups excluding carboxylic acids is 1.